The van der Waals surface area contributed by atoms with Crippen molar-refractivity contribution in [2.45, 2.75) is 37.1 Å². The van der Waals surface area contributed by atoms with Crippen LogP contribution in [0.3, 0.4) is 0 Å². The molecule has 1 saturated heterocycles. The quantitative estimate of drug-likeness (QED) is 0.833. The van der Waals surface area contributed by atoms with Crippen LogP contribution in [-0.4, -0.2) is 30.2 Å². The largest absolute Gasteiger partial charge is 0.354 e. The Balaban J connectivity index is 1.79. The van der Waals surface area contributed by atoms with Gasteiger partial charge in [0.05, 0.1) is 5.75 Å². The molecule has 1 aromatic carbocycles. The summed E-state index contributed by atoms with van der Waals surface area (Å²) in [6.45, 7) is 2.75. The molecule has 2 amide bonds. The Morgan fingerprint density at radius 1 is 1.35 bits per heavy atom. The summed E-state index contributed by atoms with van der Waals surface area (Å²) in [7, 11) is 0. The van der Waals surface area contributed by atoms with Crippen molar-refractivity contribution in [3.05, 3.63) is 29.8 Å². The lowest BCUT2D eigenvalue weighted by molar-refractivity contribution is -0.127. The minimum Gasteiger partial charge on any atom is -0.354 e. The summed E-state index contributed by atoms with van der Waals surface area (Å²) in [6.07, 6.45) is 2.68. The monoisotopic (exact) mass is 292 g/mol. The van der Waals surface area contributed by atoms with Gasteiger partial charge in [0.25, 0.3) is 0 Å². The SMILES string of the molecule is Cc1ccc(SCC(=O)NC2CCCCNC2=O)cc1. The highest BCUT2D eigenvalue weighted by Crippen LogP contribution is 2.18. The zero-order chi connectivity index (χ0) is 14.4. The standard InChI is InChI=1S/C15H20N2O2S/c1-11-5-7-12(8-6-11)20-10-14(18)17-13-4-2-3-9-16-15(13)19/h5-8,13H,2-4,9-10H2,1H3,(H,16,19)(H,17,18). The molecule has 0 spiro atoms. The zero-order valence-corrected chi connectivity index (χ0v) is 12.5. The number of rotatable bonds is 4. The lowest BCUT2D eigenvalue weighted by Gasteiger charge is -2.14. The highest BCUT2D eigenvalue weighted by Gasteiger charge is 2.22. The molecule has 1 heterocycles. The highest BCUT2D eigenvalue weighted by atomic mass is 32.2. The number of thioether (sulfide) groups is 1. The molecule has 5 heteroatoms. The summed E-state index contributed by atoms with van der Waals surface area (Å²) in [5.41, 5.74) is 1.20. The Kier molecular flexibility index (Phi) is 5.47. The lowest BCUT2D eigenvalue weighted by Crippen LogP contribution is -2.46. The Hall–Kier alpha value is -1.49. The van der Waals surface area contributed by atoms with Gasteiger partial charge in [-0.15, -0.1) is 11.8 Å². The average Bonchev–Trinajstić information content (AvgIpc) is 2.64. The number of amides is 2. The maximum Gasteiger partial charge on any atom is 0.242 e. The molecule has 0 aromatic heterocycles. The molecule has 1 aromatic rings. The second-order valence-electron chi connectivity index (χ2n) is 5.01. The summed E-state index contributed by atoms with van der Waals surface area (Å²) in [5, 5.41) is 5.64. The molecule has 1 aliphatic rings. The van der Waals surface area contributed by atoms with Crippen molar-refractivity contribution in [2.24, 2.45) is 0 Å². The van der Waals surface area contributed by atoms with E-state index in [4.69, 9.17) is 0 Å². The zero-order valence-electron chi connectivity index (χ0n) is 11.6. The smallest absolute Gasteiger partial charge is 0.242 e. The molecule has 0 saturated carbocycles. The van der Waals surface area contributed by atoms with E-state index in [1.54, 1.807) is 0 Å². The molecule has 2 N–H and O–H groups in total. The molecule has 0 bridgehead atoms. The molecule has 20 heavy (non-hydrogen) atoms. The topological polar surface area (TPSA) is 58.2 Å². The lowest BCUT2D eigenvalue weighted by atomic mass is 10.1. The van der Waals surface area contributed by atoms with E-state index in [0.717, 1.165) is 24.2 Å². The van der Waals surface area contributed by atoms with Crippen LogP contribution in [-0.2, 0) is 9.59 Å². The van der Waals surface area contributed by atoms with Crippen molar-refractivity contribution < 1.29 is 9.59 Å². The van der Waals surface area contributed by atoms with Gasteiger partial charge < -0.3 is 10.6 Å². The summed E-state index contributed by atoms with van der Waals surface area (Å²) in [5.74, 6) is 0.196. The van der Waals surface area contributed by atoms with Gasteiger partial charge in [-0.3, -0.25) is 9.59 Å². The fourth-order valence-electron chi connectivity index (χ4n) is 2.10. The normalized spacial score (nSPS) is 19.1. The van der Waals surface area contributed by atoms with Crippen molar-refractivity contribution in [1.29, 1.82) is 0 Å². The first kappa shape index (κ1) is 14.9. The van der Waals surface area contributed by atoms with Gasteiger partial charge in [0.1, 0.15) is 6.04 Å². The van der Waals surface area contributed by atoms with Gasteiger partial charge in [-0.1, -0.05) is 17.7 Å². The summed E-state index contributed by atoms with van der Waals surface area (Å²) in [6, 6.07) is 7.69. The number of benzene rings is 1. The third-order valence-electron chi connectivity index (χ3n) is 3.26. The van der Waals surface area contributed by atoms with Crippen LogP contribution in [0.5, 0.6) is 0 Å². The molecule has 1 fully saturated rings. The molecule has 1 aliphatic heterocycles. The van der Waals surface area contributed by atoms with E-state index in [9.17, 15) is 9.59 Å². The summed E-state index contributed by atoms with van der Waals surface area (Å²) in [4.78, 5) is 24.7. The summed E-state index contributed by atoms with van der Waals surface area (Å²) < 4.78 is 0. The Morgan fingerprint density at radius 3 is 2.85 bits per heavy atom. The van der Waals surface area contributed by atoms with Crippen LogP contribution in [0.4, 0.5) is 0 Å². The number of hydrogen-bond acceptors (Lipinski definition) is 3. The van der Waals surface area contributed by atoms with Crippen LogP contribution in [0.2, 0.25) is 0 Å². The molecule has 0 radical (unpaired) electrons. The number of nitrogens with one attached hydrogen (secondary N) is 2. The van der Waals surface area contributed by atoms with Gasteiger partial charge >= 0.3 is 0 Å². The molecule has 0 aliphatic carbocycles. The first-order chi connectivity index (χ1) is 9.65. The predicted molar refractivity (Wildman–Crippen MR) is 80.7 cm³/mol. The van der Waals surface area contributed by atoms with Gasteiger partial charge in [-0.05, 0) is 38.3 Å². The third kappa shape index (κ3) is 4.56. The summed E-state index contributed by atoms with van der Waals surface area (Å²) >= 11 is 1.49. The maximum absolute atomic E-state index is 11.9. The molecule has 1 atom stereocenters. The van der Waals surface area contributed by atoms with E-state index in [-0.39, 0.29) is 17.9 Å². The van der Waals surface area contributed by atoms with E-state index in [1.807, 2.05) is 31.2 Å². The Bertz CT molecular complexity index is 473. The van der Waals surface area contributed by atoms with E-state index >= 15 is 0 Å². The third-order valence-corrected chi connectivity index (χ3v) is 4.27. The molecular weight excluding hydrogens is 272 g/mol. The minimum absolute atomic E-state index is 0.0591. The fourth-order valence-corrected chi connectivity index (χ4v) is 2.81. The maximum atomic E-state index is 11.9. The van der Waals surface area contributed by atoms with E-state index < -0.39 is 0 Å². The average molecular weight is 292 g/mol. The van der Waals surface area contributed by atoms with Gasteiger partial charge in [0, 0.05) is 11.4 Å². The molecule has 2 rings (SSSR count). The van der Waals surface area contributed by atoms with Crippen LogP contribution in [0.1, 0.15) is 24.8 Å². The second-order valence-corrected chi connectivity index (χ2v) is 6.06. The first-order valence-corrected chi connectivity index (χ1v) is 7.90. The molecule has 1 unspecified atom stereocenters. The van der Waals surface area contributed by atoms with E-state index in [0.29, 0.717) is 12.3 Å². The van der Waals surface area contributed by atoms with Crippen molar-refractivity contribution in [1.82, 2.24) is 10.6 Å². The van der Waals surface area contributed by atoms with Crippen LogP contribution in [0.15, 0.2) is 29.2 Å². The van der Waals surface area contributed by atoms with Crippen molar-refractivity contribution >= 4 is 23.6 Å². The van der Waals surface area contributed by atoms with E-state index in [1.165, 1.54) is 17.3 Å². The van der Waals surface area contributed by atoms with Gasteiger partial charge in [0.15, 0.2) is 0 Å². The van der Waals surface area contributed by atoms with Crippen LogP contribution in [0, 0.1) is 6.92 Å². The van der Waals surface area contributed by atoms with Crippen molar-refractivity contribution in [2.75, 3.05) is 12.3 Å². The van der Waals surface area contributed by atoms with Crippen molar-refractivity contribution in [3.63, 3.8) is 0 Å². The number of hydrogen-bond donors (Lipinski definition) is 2. The Morgan fingerprint density at radius 2 is 2.10 bits per heavy atom. The van der Waals surface area contributed by atoms with E-state index in [2.05, 4.69) is 10.6 Å². The number of aryl methyl sites for hydroxylation is 1. The molecule has 4 nitrogen and oxygen atoms in total. The van der Waals surface area contributed by atoms with Crippen LogP contribution < -0.4 is 10.6 Å². The van der Waals surface area contributed by atoms with Gasteiger partial charge in [-0.25, -0.2) is 0 Å². The fraction of sp³-hybridized carbons (Fsp3) is 0.467. The van der Waals surface area contributed by atoms with Gasteiger partial charge in [0.2, 0.25) is 11.8 Å². The first-order valence-electron chi connectivity index (χ1n) is 6.92. The number of carbonyl (C=O) groups is 2. The van der Waals surface area contributed by atoms with Gasteiger partial charge in [-0.2, -0.15) is 0 Å². The molecule has 108 valence electrons. The van der Waals surface area contributed by atoms with Crippen molar-refractivity contribution in [3.8, 4) is 0 Å². The minimum atomic E-state index is -0.372. The van der Waals surface area contributed by atoms with Crippen LogP contribution >= 0.6 is 11.8 Å². The predicted octanol–water partition coefficient (Wildman–Crippen LogP) is 1.87. The Labute approximate surface area is 123 Å². The second kappa shape index (κ2) is 7.33. The van der Waals surface area contributed by atoms with Crippen LogP contribution in [0.25, 0.3) is 0 Å². The highest BCUT2D eigenvalue weighted by molar-refractivity contribution is 8.00. The number of carbonyl (C=O) groups excluding carboxylic acids is 2. The molecular formula is C15H20N2O2S.